The second-order valence-corrected chi connectivity index (χ2v) is 5.66. The van der Waals surface area contributed by atoms with E-state index in [0.29, 0.717) is 26.2 Å². The number of benzene rings is 1. The van der Waals surface area contributed by atoms with Crippen molar-refractivity contribution in [2.24, 2.45) is 0 Å². The molecule has 1 aromatic carbocycles. The van der Waals surface area contributed by atoms with Gasteiger partial charge in [0.2, 0.25) is 0 Å². The van der Waals surface area contributed by atoms with E-state index in [2.05, 4.69) is 11.0 Å². The molecule has 3 rings (SSSR count). The molecule has 0 N–H and O–H groups in total. The summed E-state index contributed by atoms with van der Waals surface area (Å²) < 4.78 is 11.3. The van der Waals surface area contributed by atoms with Gasteiger partial charge < -0.3 is 14.4 Å². The normalized spacial score (nSPS) is 26.6. The molecule has 2 aliphatic heterocycles. The Bertz CT molecular complexity index is 488. The van der Waals surface area contributed by atoms with Crippen LogP contribution in [0.2, 0.25) is 0 Å². The van der Waals surface area contributed by atoms with Gasteiger partial charge in [-0.3, -0.25) is 4.79 Å². The van der Waals surface area contributed by atoms with Crippen molar-refractivity contribution in [3.05, 3.63) is 29.8 Å². The van der Waals surface area contributed by atoms with E-state index in [4.69, 9.17) is 9.47 Å². The van der Waals surface area contributed by atoms with E-state index in [1.807, 2.05) is 25.2 Å². The number of ketones is 1. The Morgan fingerprint density at radius 1 is 1.35 bits per heavy atom. The second kappa shape index (κ2) is 5.94. The molecule has 0 amide bonds. The number of Topliss-reactive ketones (excluding diaryl/α,β-unsaturated/α-hetero) is 1. The SMILES string of the molecule is CN1CCOC(C(=O)CC2CCOc3ccccc32)C1. The molecule has 0 radical (unpaired) electrons. The second-order valence-electron chi connectivity index (χ2n) is 5.66. The van der Waals surface area contributed by atoms with Crippen LogP contribution in [-0.2, 0) is 9.53 Å². The van der Waals surface area contributed by atoms with Gasteiger partial charge in [-0.05, 0) is 31.0 Å². The molecule has 108 valence electrons. The third-order valence-corrected chi connectivity index (χ3v) is 4.16. The first-order chi connectivity index (χ1) is 9.74. The van der Waals surface area contributed by atoms with Gasteiger partial charge in [0.15, 0.2) is 5.78 Å². The van der Waals surface area contributed by atoms with Crippen LogP contribution in [0.5, 0.6) is 5.75 Å². The third kappa shape index (κ3) is 2.86. The van der Waals surface area contributed by atoms with Gasteiger partial charge in [0.05, 0.1) is 13.2 Å². The summed E-state index contributed by atoms with van der Waals surface area (Å²) in [7, 11) is 2.03. The van der Waals surface area contributed by atoms with Gasteiger partial charge in [-0.25, -0.2) is 0 Å². The van der Waals surface area contributed by atoms with Crippen molar-refractivity contribution >= 4 is 5.78 Å². The maximum Gasteiger partial charge on any atom is 0.163 e. The van der Waals surface area contributed by atoms with Crippen LogP contribution in [-0.4, -0.2) is 50.1 Å². The molecule has 1 fully saturated rings. The molecule has 2 atom stereocenters. The molecule has 2 aliphatic rings. The van der Waals surface area contributed by atoms with Crippen LogP contribution < -0.4 is 4.74 Å². The van der Waals surface area contributed by atoms with Crippen LogP contribution in [0.4, 0.5) is 0 Å². The Hall–Kier alpha value is -1.39. The van der Waals surface area contributed by atoms with Crippen LogP contribution in [0.1, 0.15) is 24.3 Å². The topological polar surface area (TPSA) is 38.8 Å². The summed E-state index contributed by atoms with van der Waals surface area (Å²) in [6.07, 6.45) is 1.20. The van der Waals surface area contributed by atoms with Gasteiger partial charge in [-0.15, -0.1) is 0 Å². The number of nitrogens with zero attached hydrogens (tertiary/aromatic N) is 1. The van der Waals surface area contributed by atoms with E-state index >= 15 is 0 Å². The van der Waals surface area contributed by atoms with Gasteiger partial charge in [0.25, 0.3) is 0 Å². The number of hydrogen-bond donors (Lipinski definition) is 0. The average Bonchev–Trinajstić information content (AvgIpc) is 2.47. The predicted molar refractivity (Wildman–Crippen MR) is 76.2 cm³/mol. The van der Waals surface area contributed by atoms with Gasteiger partial charge >= 0.3 is 0 Å². The summed E-state index contributed by atoms with van der Waals surface area (Å²) in [5.74, 6) is 1.42. The van der Waals surface area contributed by atoms with E-state index in [9.17, 15) is 4.79 Å². The zero-order valence-electron chi connectivity index (χ0n) is 11.9. The molecule has 0 bridgehead atoms. The summed E-state index contributed by atoms with van der Waals surface area (Å²) in [6, 6.07) is 8.04. The summed E-state index contributed by atoms with van der Waals surface area (Å²) in [5.41, 5.74) is 1.16. The fourth-order valence-corrected chi connectivity index (χ4v) is 2.97. The van der Waals surface area contributed by atoms with Crippen molar-refractivity contribution in [1.29, 1.82) is 0 Å². The van der Waals surface area contributed by atoms with Crippen molar-refractivity contribution in [1.82, 2.24) is 4.90 Å². The first-order valence-corrected chi connectivity index (χ1v) is 7.28. The van der Waals surface area contributed by atoms with Crippen molar-refractivity contribution in [2.45, 2.75) is 24.9 Å². The lowest BCUT2D eigenvalue weighted by atomic mass is 9.87. The highest BCUT2D eigenvalue weighted by molar-refractivity contribution is 5.84. The number of morpholine rings is 1. The predicted octanol–water partition coefficient (Wildman–Crippen LogP) is 1.84. The molecular formula is C16H21NO3. The van der Waals surface area contributed by atoms with Crippen LogP contribution in [0.15, 0.2) is 24.3 Å². The van der Waals surface area contributed by atoms with Crippen molar-refractivity contribution < 1.29 is 14.3 Å². The molecule has 0 aliphatic carbocycles. The number of likely N-dealkylation sites (N-methyl/N-ethyl adjacent to an activating group) is 1. The lowest BCUT2D eigenvalue weighted by molar-refractivity contribution is -0.136. The molecule has 20 heavy (non-hydrogen) atoms. The van der Waals surface area contributed by atoms with Gasteiger partial charge in [0, 0.05) is 19.5 Å². The monoisotopic (exact) mass is 275 g/mol. The van der Waals surface area contributed by atoms with Crippen LogP contribution >= 0.6 is 0 Å². The Balaban J connectivity index is 1.68. The van der Waals surface area contributed by atoms with Crippen molar-refractivity contribution in [3.8, 4) is 5.75 Å². The molecule has 4 heteroatoms. The van der Waals surface area contributed by atoms with E-state index < -0.39 is 0 Å². The Morgan fingerprint density at radius 3 is 3.05 bits per heavy atom. The van der Waals surface area contributed by atoms with E-state index in [0.717, 1.165) is 24.3 Å². The fourth-order valence-electron chi connectivity index (χ4n) is 2.97. The van der Waals surface area contributed by atoms with Gasteiger partial charge in [-0.2, -0.15) is 0 Å². The average molecular weight is 275 g/mol. The number of para-hydroxylation sites is 1. The first kappa shape index (κ1) is 13.6. The highest BCUT2D eigenvalue weighted by Crippen LogP contribution is 2.35. The van der Waals surface area contributed by atoms with Crippen LogP contribution in [0.25, 0.3) is 0 Å². The zero-order valence-corrected chi connectivity index (χ0v) is 11.9. The first-order valence-electron chi connectivity index (χ1n) is 7.28. The molecular weight excluding hydrogens is 254 g/mol. The summed E-state index contributed by atoms with van der Waals surface area (Å²) in [4.78, 5) is 14.6. The minimum Gasteiger partial charge on any atom is -0.493 e. The molecule has 0 aromatic heterocycles. The maximum atomic E-state index is 12.4. The Morgan fingerprint density at radius 2 is 2.20 bits per heavy atom. The minimum atomic E-state index is -0.260. The number of ether oxygens (including phenoxy) is 2. The number of hydrogen-bond acceptors (Lipinski definition) is 4. The summed E-state index contributed by atoms with van der Waals surface area (Å²) in [6.45, 7) is 2.96. The molecule has 2 unspecified atom stereocenters. The highest BCUT2D eigenvalue weighted by atomic mass is 16.5. The van der Waals surface area contributed by atoms with E-state index in [1.165, 1.54) is 0 Å². The number of rotatable bonds is 3. The van der Waals surface area contributed by atoms with E-state index in [-0.39, 0.29) is 17.8 Å². The third-order valence-electron chi connectivity index (χ3n) is 4.16. The molecule has 4 nitrogen and oxygen atoms in total. The summed E-state index contributed by atoms with van der Waals surface area (Å²) in [5, 5.41) is 0. The van der Waals surface area contributed by atoms with E-state index in [1.54, 1.807) is 0 Å². The highest BCUT2D eigenvalue weighted by Gasteiger charge is 2.29. The molecule has 1 aromatic rings. The largest absolute Gasteiger partial charge is 0.493 e. The Labute approximate surface area is 119 Å². The molecule has 0 spiro atoms. The van der Waals surface area contributed by atoms with Crippen LogP contribution in [0, 0.1) is 0 Å². The maximum absolute atomic E-state index is 12.4. The molecule has 0 saturated carbocycles. The summed E-state index contributed by atoms with van der Waals surface area (Å²) >= 11 is 0. The molecule has 1 saturated heterocycles. The Kier molecular flexibility index (Phi) is 4.03. The standard InChI is InChI=1S/C16H21NO3/c1-17-7-9-20-16(11-17)14(18)10-12-6-8-19-15-5-3-2-4-13(12)15/h2-5,12,16H,6-11H2,1H3. The van der Waals surface area contributed by atoms with Gasteiger partial charge in [0.1, 0.15) is 11.9 Å². The quantitative estimate of drug-likeness (QED) is 0.844. The fraction of sp³-hybridized carbons (Fsp3) is 0.562. The number of fused-ring (bicyclic) bond motifs is 1. The van der Waals surface area contributed by atoms with Gasteiger partial charge in [-0.1, -0.05) is 18.2 Å². The zero-order chi connectivity index (χ0) is 13.9. The number of carbonyl (C=O) groups is 1. The number of carbonyl (C=O) groups excluding carboxylic acids is 1. The lowest BCUT2D eigenvalue weighted by Gasteiger charge is -2.31. The smallest absolute Gasteiger partial charge is 0.163 e. The van der Waals surface area contributed by atoms with Crippen LogP contribution in [0.3, 0.4) is 0 Å². The molecule has 2 heterocycles. The van der Waals surface area contributed by atoms with Crippen molar-refractivity contribution in [2.75, 3.05) is 33.4 Å². The lowest BCUT2D eigenvalue weighted by Crippen LogP contribution is -2.44. The van der Waals surface area contributed by atoms with Crippen molar-refractivity contribution in [3.63, 3.8) is 0 Å². The minimum absolute atomic E-state index is 0.221.